The van der Waals surface area contributed by atoms with Crippen LogP contribution in [0.1, 0.15) is 34.3 Å². The van der Waals surface area contributed by atoms with E-state index in [9.17, 15) is 4.79 Å². The van der Waals surface area contributed by atoms with E-state index in [1.165, 1.54) is 0 Å². The van der Waals surface area contributed by atoms with Crippen LogP contribution in [0.15, 0.2) is 12.1 Å². The van der Waals surface area contributed by atoms with E-state index in [4.69, 9.17) is 10.5 Å². The van der Waals surface area contributed by atoms with Crippen LogP contribution < -0.4 is 10.5 Å². The Hall–Kier alpha value is -1.35. The Bertz CT molecular complexity index is 448. The lowest BCUT2D eigenvalue weighted by atomic mass is 9.76. The standard InChI is InChI=1S/C14H19NO2/c1-8-4-9(2)14(17-3)12(5-8)13(16)10-6-11(15)7-10/h4-5,10-11H,6-7,15H2,1-3H3. The summed E-state index contributed by atoms with van der Waals surface area (Å²) in [6, 6.07) is 4.14. The van der Waals surface area contributed by atoms with Gasteiger partial charge in [0.15, 0.2) is 5.78 Å². The molecule has 0 heterocycles. The highest BCUT2D eigenvalue weighted by atomic mass is 16.5. The van der Waals surface area contributed by atoms with Gasteiger partial charge < -0.3 is 10.5 Å². The molecule has 0 saturated heterocycles. The Labute approximate surface area is 102 Å². The van der Waals surface area contributed by atoms with E-state index >= 15 is 0 Å². The quantitative estimate of drug-likeness (QED) is 0.814. The summed E-state index contributed by atoms with van der Waals surface area (Å²) >= 11 is 0. The topological polar surface area (TPSA) is 52.3 Å². The predicted molar refractivity (Wildman–Crippen MR) is 67.5 cm³/mol. The summed E-state index contributed by atoms with van der Waals surface area (Å²) in [7, 11) is 1.61. The van der Waals surface area contributed by atoms with E-state index in [1.807, 2.05) is 26.0 Å². The zero-order valence-corrected chi connectivity index (χ0v) is 10.6. The van der Waals surface area contributed by atoms with Crippen LogP contribution >= 0.6 is 0 Å². The van der Waals surface area contributed by atoms with Crippen molar-refractivity contribution in [1.29, 1.82) is 0 Å². The number of nitrogens with two attached hydrogens (primary N) is 1. The van der Waals surface area contributed by atoms with Gasteiger partial charge >= 0.3 is 0 Å². The number of hydrogen-bond donors (Lipinski definition) is 1. The Morgan fingerprint density at radius 1 is 1.35 bits per heavy atom. The molecule has 2 rings (SSSR count). The summed E-state index contributed by atoms with van der Waals surface area (Å²) in [6.45, 7) is 3.96. The average molecular weight is 233 g/mol. The van der Waals surface area contributed by atoms with Gasteiger partial charge in [-0.3, -0.25) is 4.79 Å². The molecule has 1 aliphatic carbocycles. The lowest BCUT2D eigenvalue weighted by Gasteiger charge is -2.31. The Morgan fingerprint density at radius 3 is 2.53 bits per heavy atom. The molecule has 0 atom stereocenters. The van der Waals surface area contributed by atoms with Gasteiger partial charge in [0.2, 0.25) is 0 Å². The van der Waals surface area contributed by atoms with Gasteiger partial charge in [-0.15, -0.1) is 0 Å². The zero-order chi connectivity index (χ0) is 12.6. The summed E-state index contributed by atoms with van der Waals surface area (Å²) in [6.07, 6.45) is 1.60. The molecule has 1 fully saturated rings. The maximum absolute atomic E-state index is 12.3. The monoisotopic (exact) mass is 233 g/mol. The van der Waals surface area contributed by atoms with E-state index in [1.54, 1.807) is 7.11 Å². The molecular formula is C14H19NO2. The molecule has 1 aliphatic rings. The number of Topliss-reactive ketones (excluding diaryl/α,β-unsaturated/α-hetero) is 1. The first-order valence-corrected chi connectivity index (χ1v) is 5.98. The van der Waals surface area contributed by atoms with Crippen molar-refractivity contribution >= 4 is 5.78 Å². The summed E-state index contributed by atoms with van der Waals surface area (Å²) in [5.74, 6) is 0.969. The number of rotatable bonds is 3. The second kappa shape index (κ2) is 4.49. The molecule has 1 aromatic rings. The third-order valence-electron chi connectivity index (χ3n) is 3.43. The normalized spacial score (nSPS) is 23.1. The van der Waals surface area contributed by atoms with Gasteiger partial charge in [-0.2, -0.15) is 0 Å². The molecule has 17 heavy (non-hydrogen) atoms. The minimum atomic E-state index is 0.0834. The fraction of sp³-hybridized carbons (Fsp3) is 0.500. The molecule has 0 bridgehead atoms. The zero-order valence-electron chi connectivity index (χ0n) is 10.6. The van der Waals surface area contributed by atoms with Crippen molar-refractivity contribution in [1.82, 2.24) is 0 Å². The predicted octanol–water partition coefficient (Wildman–Crippen LogP) is 2.23. The smallest absolute Gasteiger partial charge is 0.169 e. The van der Waals surface area contributed by atoms with Crippen LogP contribution in [0.2, 0.25) is 0 Å². The van der Waals surface area contributed by atoms with E-state index in [0.29, 0.717) is 11.3 Å². The molecule has 3 nitrogen and oxygen atoms in total. The molecule has 1 saturated carbocycles. The van der Waals surface area contributed by atoms with Gasteiger partial charge in [-0.1, -0.05) is 6.07 Å². The highest BCUT2D eigenvalue weighted by molar-refractivity contribution is 6.01. The first kappa shape index (κ1) is 12.1. The van der Waals surface area contributed by atoms with Crippen molar-refractivity contribution in [3.05, 3.63) is 28.8 Å². The molecule has 0 spiro atoms. The molecule has 0 aromatic heterocycles. The van der Waals surface area contributed by atoms with Crippen molar-refractivity contribution in [3.63, 3.8) is 0 Å². The van der Waals surface area contributed by atoms with E-state index < -0.39 is 0 Å². The lowest BCUT2D eigenvalue weighted by Crippen LogP contribution is -2.40. The Morgan fingerprint density at radius 2 is 2.00 bits per heavy atom. The largest absolute Gasteiger partial charge is 0.496 e. The Balaban J connectivity index is 2.33. The van der Waals surface area contributed by atoms with E-state index in [0.717, 1.165) is 24.0 Å². The molecule has 0 radical (unpaired) electrons. The minimum absolute atomic E-state index is 0.0834. The summed E-state index contributed by atoms with van der Waals surface area (Å²) in [4.78, 5) is 12.3. The summed E-state index contributed by atoms with van der Waals surface area (Å²) in [5.41, 5.74) is 8.55. The summed E-state index contributed by atoms with van der Waals surface area (Å²) < 4.78 is 5.35. The molecule has 0 aliphatic heterocycles. The average Bonchev–Trinajstić information content (AvgIpc) is 2.23. The fourth-order valence-corrected chi connectivity index (χ4v) is 2.50. The van der Waals surface area contributed by atoms with Crippen molar-refractivity contribution < 1.29 is 9.53 Å². The minimum Gasteiger partial charge on any atom is -0.496 e. The number of hydrogen-bond acceptors (Lipinski definition) is 3. The molecule has 92 valence electrons. The van der Waals surface area contributed by atoms with Crippen molar-refractivity contribution in [2.45, 2.75) is 32.7 Å². The second-order valence-corrected chi connectivity index (χ2v) is 4.96. The highest BCUT2D eigenvalue weighted by Crippen LogP contribution is 2.34. The third kappa shape index (κ3) is 2.20. The number of carbonyl (C=O) groups excluding carboxylic acids is 1. The SMILES string of the molecule is COc1c(C)cc(C)cc1C(=O)C1CC(N)C1. The number of aryl methyl sites for hydroxylation is 2. The van der Waals surface area contributed by atoms with Crippen LogP contribution in [0, 0.1) is 19.8 Å². The molecule has 0 amide bonds. The number of benzene rings is 1. The van der Waals surface area contributed by atoms with Gasteiger partial charge in [-0.25, -0.2) is 0 Å². The molecule has 3 heteroatoms. The van der Waals surface area contributed by atoms with Crippen LogP contribution in [-0.2, 0) is 0 Å². The van der Waals surface area contributed by atoms with Gasteiger partial charge in [0.1, 0.15) is 5.75 Å². The lowest BCUT2D eigenvalue weighted by molar-refractivity contribution is 0.0829. The molecule has 2 N–H and O–H groups in total. The van der Waals surface area contributed by atoms with E-state index in [-0.39, 0.29) is 17.7 Å². The number of ketones is 1. The van der Waals surface area contributed by atoms with Crippen LogP contribution in [0.3, 0.4) is 0 Å². The second-order valence-electron chi connectivity index (χ2n) is 4.96. The van der Waals surface area contributed by atoms with Crippen LogP contribution in [0.4, 0.5) is 0 Å². The van der Waals surface area contributed by atoms with Crippen molar-refractivity contribution in [3.8, 4) is 5.75 Å². The van der Waals surface area contributed by atoms with Gasteiger partial charge in [0.05, 0.1) is 12.7 Å². The van der Waals surface area contributed by atoms with Gasteiger partial charge in [0.25, 0.3) is 0 Å². The maximum Gasteiger partial charge on any atom is 0.169 e. The highest BCUT2D eigenvalue weighted by Gasteiger charge is 2.34. The van der Waals surface area contributed by atoms with Crippen LogP contribution in [0.5, 0.6) is 5.75 Å². The molecular weight excluding hydrogens is 214 g/mol. The fourth-order valence-electron chi connectivity index (χ4n) is 2.50. The van der Waals surface area contributed by atoms with E-state index in [2.05, 4.69) is 0 Å². The maximum atomic E-state index is 12.3. The van der Waals surface area contributed by atoms with Gasteiger partial charge in [0, 0.05) is 12.0 Å². The number of ether oxygens (including phenoxy) is 1. The van der Waals surface area contributed by atoms with Crippen LogP contribution in [0.25, 0.3) is 0 Å². The summed E-state index contributed by atoms with van der Waals surface area (Å²) in [5, 5.41) is 0. The first-order valence-electron chi connectivity index (χ1n) is 5.98. The van der Waals surface area contributed by atoms with Crippen LogP contribution in [-0.4, -0.2) is 18.9 Å². The first-order chi connectivity index (χ1) is 8.02. The third-order valence-corrected chi connectivity index (χ3v) is 3.43. The number of carbonyl (C=O) groups is 1. The number of methoxy groups -OCH3 is 1. The molecule has 0 unspecified atom stereocenters. The molecule has 1 aromatic carbocycles. The van der Waals surface area contributed by atoms with Crippen molar-refractivity contribution in [2.24, 2.45) is 11.7 Å². The Kier molecular flexibility index (Phi) is 3.20. The van der Waals surface area contributed by atoms with Crippen molar-refractivity contribution in [2.75, 3.05) is 7.11 Å². The van der Waals surface area contributed by atoms with Gasteiger partial charge in [-0.05, 0) is 43.9 Å².